The van der Waals surface area contributed by atoms with E-state index in [4.69, 9.17) is 9.47 Å². The zero-order chi connectivity index (χ0) is 27.2. The molecule has 3 aromatic rings. The molecule has 2 saturated carbocycles. The van der Waals surface area contributed by atoms with Crippen LogP contribution in [0.4, 0.5) is 0 Å². The van der Waals surface area contributed by atoms with Crippen LogP contribution >= 0.6 is 0 Å². The molecule has 1 N–H and O–H groups in total. The van der Waals surface area contributed by atoms with E-state index in [1.807, 2.05) is 46.3 Å². The Morgan fingerprint density at radius 3 is 2.46 bits per heavy atom. The van der Waals surface area contributed by atoms with E-state index in [1.54, 1.807) is 14.2 Å². The molecule has 1 aromatic heterocycles. The lowest BCUT2D eigenvalue weighted by Crippen LogP contribution is -2.44. The van der Waals surface area contributed by atoms with Crippen LogP contribution in [0.25, 0.3) is 10.9 Å². The Balaban J connectivity index is 1.31. The zero-order valence-corrected chi connectivity index (χ0v) is 23.3. The van der Waals surface area contributed by atoms with Crippen molar-refractivity contribution in [2.45, 2.75) is 70.4 Å². The van der Waals surface area contributed by atoms with E-state index < -0.39 is 0 Å². The topological polar surface area (TPSA) is 74.9 Å². The molecule has 1 heterocycles. The molecule has 5 rings (SSSR count). The maximum atomic E-state index is 13.8. The highest BCUT2D eigenvalue weighted by atomic mass is 16.5. The Labute approximate surface area is 231 Å². The summed E-state index contributed by atoms with van der Waals surface area (Å²) in [5.74, 6) is 2.10. The van der Waals surface area contributed by atoms with Gasteiger partial charge in [-0.15, -0.1) is 0 Å². The molecule has 7 nitrogen and oxygen atoms in total. The van der Waals surface area contributed by atoms with Crippen LogP contribution < -0.4 is 9.47 Å². The summed E-state index contributed by atoms with van der Waals surface area (Å²) in [5, 5.41) is 1.18. The van der Waals surface area contributed by atoms with Crippen LogP contribution in [0.15, 0.2) is 48.7 Å². The van der Waals surface area contributed by atoms with Crippen LogP contribution in [0.2, 0.25) is 0 Å². The molecule has 0 saturated heterocycles. The Kier molecular flexibility index (Phi) is 8.74. The Morgan fingerprint density at radius 2 is 1.72 bits per heavy atom. The summed E-state index contributed by atoms with van der Waals surface area (Å²) in [6.07, 6.45) is 11.3. The molecule has 0 aliphatic heterocycles. The number of H-pyrrole nitrogens is 1. The Morgan fingerprint density at radius 1 is 0.949 bits per heavy atom. The third-order valence-corrected chi connectivity index (χ3v) is 8.35. The van der Waals surface area contributed by atoms with E-state index in [0.717, 1.165) is 36.8 Å². The van der Waals surface area contributed by atoms with Crippen molar-refractivity contribution < 1.29 is 19.1 Å². The van der Waals surface area contributed by atoms with Crippen molar-refractivity contribution in [3.8, 4) is 11.5 Å². The van der Waals surface area contributed by atoms with Gasteiger partial charge < -0.3 is 24.3 Å². The number of rotatable bonds is 13. The maximum absolute atomic E-state index is 13.8. The lowest BCUT2D eigenvalue weighted by atomic mass is 10.0. The molecule has 7 heteroatoms. The number of carbonyl (C=O) groups excluding carboxylic acids is 2. The Hall–Kier alpha value is -3.48. The quantitative estimate of drug-likeness (QED) is 0.306. The summed E-state index contributed by atoms with van der Waals surface area (Å²) < 4.78 is 10.9. The smallest absolute Gasteiger partial charge is 0.242 e. The number of hydrogen-bond donors (Lipinski definition) is 1. The average molecular weight is 532 g/mol. The highest BCUT2D eigenvalue weighted by molar-refractivity contribution is 5.86. The molecule has 2 aliphatic carbocycles. The van der Waals surface area contributed by atoms with Crippen LogP contribution in [0.3, 0.4) is 0 Å². The van der Waals surface area contributed by atoms with E-state index >= 15 is 0 Å². The third-order valence-electron chi connectivity index (χ3n) is 8.35. The number of ether oxygens (including phenoxy) is 2. The predicted molar refractivity (Wildman–Crippen MR) is 153 cm³/mol. The molecule has 0 radical (unpaired) electrons. The maximum Gasteiger partial charge on any atom is 0.242 e. The standard InChI is InChI=1S/C32H41N3O4/c1-38-29-15-11-24(19-30(29)39-2)21-34(18-17-25-20-33-28-10-6-5-9-27(25)28)32(37)22-35(26-13-14-26)31(36)16-12-23-7-3-4-8-23/h5-6,9-11,15,19-20,23,26,33H,3-4,7-8,12-14,16-18,21-22H2,1-2H3. The lowest BCUT2D eigenvalue weighted by Gasteiger charge is -2.28. The van der Waals surface area contributed by atoms with Gasteiger partial charge in [0, 0.05) is 42.7 Å². The summed E-state index contributed by atoms with van der Waals surface area (Å²) >= 11 is 0. The van der Waals surface area contributed by atoms with Crippen LogP contribution in [0.1, 0.15) is 62.5 Å². The molecule has 0 bridgehead atoms. The minimum absolute atomic E-state index is 0.00857. The van der Waals surface area contributed by atoms with E-state index in [2.05, 4.69) is 17.1 Å². The van der Waals surface area contributed by atoms with Crippen LogP contribution in [-0.2, 0) is 22.6 Å². The summed E-state index contributed by atoms with van der Waals surface area (Å²) in [7, 11) is 3.23. The van der Waals surface area contributed by atoms with Gasteiger partial charge in [0.15, 0.2) is 11.5 Å². The molecule has 208 valence electrons. The second-order valence-electron chi connectivity index (χ2n) is 11.1. The predicted octanol–water partition coefficient (Wildman–Crippen LogP) is 5.72. The number of para-hydroxylation sites is 1. The van der Waals surface area contributed by atoms with Crippen molar-refractivity contribution in [3.05, 3.63) is 59.8 Å². The number of methoxy groups -OCH3 is 2. The number of nitrogens with one attached hydrogen (secondary N) is 1. The minimum atomic E-state index is -0.00857. The van der Waals surface area contributed by atoms with Gasteiger partial charge in [-0.05, 0) is 60.9 Å². The normalized spacial score (nSPS) is 15.4. The second kappa shape index (κ2) is 12.6. The molecule has 39 heavy (non-hydrogen) atoms. The SMILES string of the molecule is COc1ccc(CN(CCc2c[nH]c3ccccc23)C(=O)CN(C(=O)CCC2CCCC2)C2CC2)cc1OC. The van der Waals surface area contributed by atoms with Gasteiger partial charge in [0.1, 0.15) is 6.54 Å². The molecule has 0 spiro atoms. The molecule has 2 amide bonds. The molecule has 2 aliphatic rings. The molecular formula is C32H41N3O4. The average Bonchev–Trinajstić information content (AvgIpc) is 3.50. The molecule has 0 atom stereocenters. The number of hydrogen-bond acceptors (Lipinski definition) is 4. The van der Waals surface area contributed by atoms with E-state index in [9.17, 15) is 9.59 Å². The van der Waals surface area contributed by atoms with E-state index in [0.29, 0.717) is 36.9 Å². The number of aromatic nitrogens is 1. The minimum Gasteiger partial charge on any atom is -0.493 e. The summed E-state index contributed by atoms with van der Waals surface area (Å²) in [4.78, 5) is 34.2. The highest BCUT2D eigenvalue weighted by Crippen LogP contribution is 2.32. The number of benzene rings is 2. The number of amides is 2. The van der Waals surface area contributed by atoms with Crippen molar-refractivity contribution in [1.82, 2.24) is 14.8 Å². The van der Waals surface area contributed by atoms with Crippen molar-refractivity contribution in [2.24, 2.45) is 5.92 Å². The summed E-state index contributed by atoms with van der Waals surface area (Å²) in [6.45, 7) is 1.15. The third kappa shape index (κ3) is 6.75. The fourth-order valence-corrected chi connectivity index (χ4v) is 5.91. The zero-order valence-electron chi connectivity index (χ0n) is 23.3. The number of nitrogens with zero attached hydrogens (tertiary/aromatic N) is 2. The van der Waals surface area contributed by atoms with Gasteiger partial charge in [-0.1, -0.05) is 49.9 Å². The van der Waals surface area contributed by atoms with Crippen molar-refractivity contribution >= 4 is 22.7 Å². The van der Waals surface area contributed by atoms with E-state index in [1.165, 1.54) is 36.6 Å². The van der Waals surface area contributed by atoms with Gasteiger partial charge in [0.25, 0.3) is 0 Å². The van der Waals surface area contributed by atoms with Crippen molar-refractivity contribution in [3.63, 3.8) is 0 Å². The van der Waals surface area contributed by atoms with Gasteiger partial charge in [-0.2, -0.15) is 0 Å². The lowest BCUT2D eigenvalue weighted by molar-refractivity contribution is -0.141. The van der Waals surface area contributed by atoms with Crippen molar-refractivity contribution in [1.29, 1.82) is 0 Å². The van der Waals surface area contributed by atoms with Gasteiger partial charge in [-0.3, -0.25) is 9.59 Å². The van der Waals surface area contributed by atoms with Crippen LogP contribution in [-0.4, -0.2) is 59.9 Å². The first-order valence-electron chi connectivity index (χ1n) is 14.4. The molecule has 0 unspecified atom stereocenters. The highest BCUT2D eigenvalue weighted by Gasteiger charge is 2.35. The second-order valence-corrected chi connectivity index (χ2v) is 11.1. The summed E-state index contributed by atoms with van der Waals surface area (Å²) in [5.41, 5.74) is 3.24. The van der Waals surface area contributed by atoms with Crippen molar-refractivity contribution in [2.75, 3.05) is 27.3 Å². The van der Waals surface area contributed by atoms with Gasteiger partial charge >= 0.3 is 0 Å². The first-order chi connectivity index (χ1) is 19.1. The van der Waals surface area contributed by atoms with Gasteiger partial charge in [-0.25, -0.2) is 0 Å². The largest absolute Gasteiger partial charge is 0.493 e. The fraction of sp³-hybridized carbons (Fsp3) is 0.500. The number of carbonyl (C=O) groups is 2. The number of fused-ring (bicyclic) bond motifs is 1. The molecular weight excluding hydrogens is 490 g/mol. The van der Waals surface area contributed by atoms with E-state index in [-0.39, 0.29) is 24.4 Å². The first kappa shape index (κ1) is 27.1. The number of aromatic amines is 1. The first-order valence-corrected chi connectivity index (χ1v) is 14.4. The Bertz CT molecular complexity index is 1280. The molecule has 2 aromatic carbocycles. The van der Waals surface area contributed by atoms with Gasteiger partial charge in [0.05, 0.1) is 14.2 Å². The monoisotopic (exact) mass is 531 g/mol. The molecule has 2 fully saturated rings. The summed E-state index contributed by atoms with van der Waals surface area (Å²) in [6, 6.07) is 14.2. The van der Waals surface area contributed by atoms with Gasteiger partial charge in [0.2, 0.25) is 11.8 Å². The van der Waals surface area contributed by atoms with Crippen LogP contribution in [0, 0.1) is 5.92 Å². The van der Waals surface area contributed by atoms with Crippen LogP contribution in [0.5, 0.6) is 11.5 Å². The fourth-order valence-electron chi connectivity index (χ4n) is 5.91.